The first kappa shape index (κ1) is 18.0. The van der Waals surface area contributed by atoms with Gasteiger partial charge in [0.05, 0.1) is 10.2 Å². The topological polar surface area (TPSA) is 42.0 Å². The first-order valence-electron chi connectivity index (χ1n) is 8.42. The SMILES string of the molecule is Cc1ccc(C(=O)Nc2ccc3nc(SCCC(C)C)sc3c2)cc1. The zero-order chi connectivity index (χ0) is 17.8. The number of hydrogen-bond donors (Lipinski definition) is 1. The van der Waals surface area contributed by atoms with Gasteiger partial charge in [0.25, 0.3) is 5.91 Å². The molecule has 3 nitrogen and oxygen atoms in total. The number of carbonyl (C=O) groups excluding carboxylic acids is 1. The van der Waals surface area contributed by atoms with Crippen LogP contribution in [0, 0.1) is 12.8 Å². The second kappa shape index (κ2) is 8.02. The van der Waals surface area contributed by atoms with Gasteiger partial charge in [0.1, 0.15) is 0 Å². The second-order valence-electron chi connectivity index (χ2n) is 6.51. The summed E-state index contributed by atoms with van der Waals surface area (Å²) in [6, 6.07) is 13.5. The average Bonchev–Trinajstić information content (AvgIpc) is 2.97. The number of aryl methyl sites for hydroxylation is 1. The summed E-state index contributed by atoms with van der Waals surface area (Å²) >= 11 is 3.50. The molecule has 1 heterocycles. The highest BCUT2D eigenvalue weighted by Gasteiger charge is 2.09. The van der Waals surface area contributed by atoms with Gasteiger partial charge in [0, 0.05) is 17.0 Å². The van der Waals surface area contributed by atoms with Gasteiger partial charge in [-0.3, -0.25) is 4.79 Å². The van der Waals surface area contributed by atoms with Crippen LogP contribution < -0.4 is 5.32 Å². The summed E-state index contributed by atoms with van der Waals surface area (Å²) < 4.78 is 2.20. The third-order valence-corrected chi connectivity index (χ3v) is 6.06. The van der Waals surface area contributed by atoms with E-state index in [4.69, 9.17) is 0 Å². The number of fused-ring (bicyclic) bond motifs is 1. The lowest BCUT2D eigenvalue weighted by Gasteiger charge is -2.05. The number of thioether (sulfide) groups is 1. The highest BCUT2D eigenvalue weighted by molar-refractivity contribution is 8.01. The quantitative estimate of drug-likeness (QED) is 0.541. The van der Waals surface area contributed by atoms with Crippen molar-refractivity contribution in [3.63, 3.8) is 0 Å². The Morgan fingerprint density at radius 2 is 1.96 bits per heavy atom. The first-order chi connectivity index (χ1) is 12.0. The second-order valence-corrected chi connectivity index (χ2v) is 8.89. The molecule has 130 valence electrons. The fourth-order valence-electron chi connectivity index (χ4n) is 2.33. The summed E-state index contributed by atoms with van der Waals surface area (Å²) in [5.74, 6) is 1.72. The van der Waals surface area contributed by atoms with Gasteiger partial charge in [-0.05, 0) is 49.6 Å². The molecule has 0 spiro atoms. The summed E-state index contributed by atoms with van der Waals surface area (Å²) in [5.41, 5.74) is 3.61. The zero-order valence-electron chi connectivity index (χ0n) is 14.7. The lowest BCUT2D eigenvalue weighted by atomic mass is 10.1. The Balaban J connectivity index is 1.70. The van der Waals surface area contributed by atoms with Crippen LogP contribution in [0.3, 0.4) is 0 Å². The van der Waals surface area contributed by atoms with Crippen molar-refractivity contribution in [1.82, 2.24) is 4.98 Å². The predicted molar refractivity (Wildman–Crippen MR) is 109 cm³/mol. The minimum Gasteiger partial charge on any atom is -0.322 e. The number of rotatable bonds is 6. The summed E-state index contributed by atoms with van der Waals surface area (Å²) in [5, 5.41) is 2.97. The fourth-order valence-corrected chi connectivity index (χ4v) is 4.75. The molecule has 1 aromatic heterocycles. The van der Waals surface area contributed by atoms with E-state index >= 15 is 0 Å². The number of anilines is 1. The third-order valence-electron chi connectivity index (χ3n) is 3.86. The maximum absolute atomic E-state index is 12.3. The largest absolute Gasteiger partial charge is 0.322 e. The van der Waals surface area contributed by atoms with Gasteiger partial charge in [-0.2, -0.15) is 0 Å². The first-order valence-corrected chi connectivity index (χ1v) is 10.2. The molecule has 3 aromatic rings. The number of nitrogens with zero attached hydrogens (tertiary/aromatic N) is 1. The highest BCUT2D eigenvalue weighted by atomic mass is 32.2. The molecule has 0 aliphatic carbocycles. The van der Waals surface area contributed by atoms with Crippen LogP contribution in [0.25, 0.3) is 10.2 Å². The van der Waals surface area contributed by atoms with E-state index in [1.54, 1.807) is 11.3 Å². The monoisotopic (exact) mass is 370 g/mol. The average molecular weight is 371 g/mol. The van der Waals surface area contributed by atoms with E-state index in [1.165, 1.54) is 6.42 Å². The minimum absolute atomic E-state index is 0.0876. The molecule has 0 unspecified atom stereocenters. The van der Waals surface area contributed by atoms with E-state index in [9.17, 15) is 4.79 Å². The van der Waals surface area contributed by atoms with Gasteiger partial charge >= 0.3 is 0 Å². The number of amides is 1. The van der Waals surface area contributed by atoms with Gasteiger partial charge in [-0.1, -0.05) is 43.3 Å². The van der Waals surface area contributed by atoms with E-state index < -0.39 is 0 Å². The summed E-state index contributed by atoms with van der Waals surface area (Å²) in [7, 11) is 0. The molecule has 0 saturated carbocycles. The van der Waals surface area contributed by atoms with E-state index in [2.05, 4.69) is 24.1 Å². The molecule has 2 aromatic carbocycles. The molecule has 1 amide bonds. The van der Waals surface area contributed by atoms with Crippen molar-refractivity contribution in [2.45, 2.75) is 31.5 Å². The van der Waals surface area contributed by atoms with Crippen LogP contribution in [0.4, 0.5) is 5.69 Å². The predicted octanol–water partition coefficient (Wildman–Crippen LogP) is 6.00. The van der Waals surface area contributed by atoms with Gasteiger partial charge in [0.2, 0.25) is 0 Å². The van der Waals surface area contributed by atoms with Crippen LogP contribution in [-0.2, 0) is 0 Å². The molecule has 0 saturated heterocycles. The molecule has 1 N–H and O–H groups in total. The molecule has 0 radical (unpaired) electrons. The summed E-state index contributed by atoms with van der Waals surface area (Å²) in [6.07, 6.45) is 1.19. The van der Waals surface area contributed by atoms with E-state index in [1.807, 2.05) is 61.2 Å². The number of benzene rings is 2. The van der Waals surface area contributed by atoms with Crippen molar-refractivity contribution in [2.24, 2.45) is 5.92 Å². The van der Waals surface area contributed by atoms with Crippen molar-refractivity contribution >= 4 is 44.9 Å². The van der Waals surface area contributed by atoms with Crippen LogP contribution in [-0.4, -0.2) is 16.6 Å². The molecule has 25 heavy (non-hydrogen) atoms. The minimum atomic E-state index is -0.0876. The van der Waals surface area contributed by atoms with Gasteiger partial charge < -0.3 is 5.32 Å². The molecule has 3 rings (SSSR count). The number of hydrogen-bond acceptors (Lipinski definition) is 4. The molecule has 0 bridgehead atoms. The van der Waals surface area contributed by atoms with Crippen molar-refractivity contribution in [3.8, 4) is 0 Å². The lowest BCUT2D eigenvalue weighted by molar-refractivity contribution is 0.102. The van der Waals surface area contributed by atoms with Crippen LogP contribution in [0.5, 0.6) is 0 Å². The molecule has 0 fully saturated rings. The molecule has 0 aliphatic heterocycles. The zero-order valence-corrected chi connectivity index (χ0v) is 16.3. The standard InChI is InChI=1S/C20H22N2OS2/c1-13(2)10-11-24-20-22-17-9-8-16(12-18(17)25-20)21-19(23)15-6-4-14(3)5-7-15/h4-9,12-13H,10-11H2,1-3H3,(H,21,23). The Bertz CT molecular complexity index is 869. The summed E-state index contributed by atoms with van der Waals surface area (Å²) in [4.78, 5) is 17.0. The van der Waals surface area contributed by atoms with Gasteiger partial charge in [0.15, 0.2) is 4.34 Å². The Morgan fingerprint density at radius 1 is 1.20 bits per heavy atom. The molecular formula is C20H22N2OS2. The fraction of sp³-hybridized carbons (Fsp3) is 0.300. The maximum Gasteiger partial charge on any atom is 0.255 e. The maximum atomic E-state index is 12.3. The molecule has 5 heteroatoms. The Labute approximate surface area is 156 Å². The number of thiazole rings is 1. The number of carbonyl (C=O) groups is 1. The molecule has 0 atom stereocenters. The van der Waals surface area contributed by atoms with Crippen molar-refractivity contribution in [2.75, 3.05) is 11.1 Å². The van der Waals surface area contributed by atoms with E-state index in [0.29, 0.717) is 11.5 Å². The van der Waals surface area contributed by atoms with Gasteiger partial charge in [-0.25, -0.2) is 4.98 Å². The lowest BCUT2D eigenvalue weighted by Crippen LogP contribution is -2.11. The van der Waals surface area contributed by atoms with Crippen molar-refractivity contribution < 1.29 is 4.79 Å². The van der Waals surface area contributed by atoms with Crippen LogP contribution in [0.1, 0.15) is 36.2 Å². The van der Waals surface area contributed by atoms with E-state index in [-0.39, 0.29) is 5.91 Å². The Hall–Kier alpha value is -1.85. The summed E-state index contributed by atoms with van der Waals surface area (Å²) in [6.45, 7) is 6.49. The van der Waals surface area contributed by atoms with Crippen molar-refractivity contribution in [3.05, 3.63) is 53.6 Å². The van der Waals surface area contributed by atoms with Gasteiger partial charge in [-0.15, -0.1) is 11.3 Å². The molecular weight excluding hydrogens is 348 g/mol. The Kier molecular flexibility index (Phi) is 5.76. The smallest absolute Gasteiger partial charge is 0.255 e. The number of nitrogens with one attached hydrogen (secondary N) is 1. The Morgan fingerprint density at radius 3 is 2.68 bits per heavy atom. The van der Waals surface area contributed by atoms with Crippen LogP contribution in [0.2, 0.25) is 0 Å². The van der Waals surface area contributed by atoms with Crippen LogP contribution in [0.15, 0.2) is 46.8 Å². The third kappa shape index (κ3) is 4.83. The van der Waals surface area contributed by atoms with Crippen LogP contribution >= 0.6 is 23.1 Å². The van der Waals surface area contributed by atoms with E-state index in [0.717, 1.165) is 31.6 Å². The normalized spacial score (nSPS) is 11.2. The van der Waals surface area contributed by atoms with Crippen molar-refractivity contribution in [1.29, 1.82) is 0 Å². The highest BCUT2D eigenvalue weighted by Crippen LogP contribution is 2.32. The number of aromatic nitrogens is 1. The molecule has 0 aliphatic rings.